The highest BCUT2D eigenvalue weighted by Crippen LogP contribution is 2.38. The zero-order valence-corrected chi connectivity index (χ0v) is 20.3. The van der Waals surface area contributed by atoms with Crippen LogP contribution in [0.2, 0.25) is 0 Å². The summed E-state index contributed by atoms with van der Waals surface area (Å²) in [7, 11) is 1.77. The molecule has 2 aliphatic carbocycles. The third kappa shape index (κ3) is 4.54. The average Bonchev–Trinajstić information content (AvgIpc) is 3.53. The van der Waals surface area contributed by atoms with Gasteiger partial charge in [0.15, 0.2) is 0 Å². The van der Waals surface area contributed by atoms with Gasteiger partial charge in [0.2, 0.25) is 5.95 Å². The van der Waals surface area contributed by atoms with Gasteiger partial charge in [0.05, 0.1) is 33.8 Å². The molecule has 9 heteroatoms. The van der Waals surface area contributed by atoms with Gasteiger partial charge in [0, 0.05) is 26.0 Å². The molecule has 2 saturated carbocycles. The number of methoxy groups -OCH3 is 1. The minimum Gasteiger partial charge on any atom is -0.396 e. The molecule has 3 heterocycles. The Labute approximate surface area is 198 Å². The number of fused-ring (bicyclic) bond motifs is 1. The Morgan fingerprint density at radius 2 is 1.97 bits per heavy atom. The van der Waals surface area contributed by atoms with E-state index in [0.29, 0.717) is 11.9 Å². The molecule has 176 valence electrons. The largest absolute Gasteiger partial charge is 0.396 e. The van der Waals surface area contributed by atoms with Crippen molar-refractivity contribution in [1.29, 1.82) is 0 Å². The Balaban J connectivity index is 1.52. The molecule has 0 aliphatic heterocycles. The van der Waals surface area contributed by atoms with Crippen LogP contribution in [-0.2, 0) is 4.74 Å². The summed E-state index contributed by atoms with van der Waals surface area (Å²) < 4.78 is 6.77. The van der Waals surface area contributed by atoms with E-state index in [-0.39, 0.29) is 24.8 Å². The lowest BCUT2D eigenvalue weighted by molar-refractivity contribution is 0.101. The van der Waals surface area contributed by atoms with E-state index in [2.05, 4.69) is 15.6 Å². The third-order valence-electron chi connectivity index (χ3n) is 7.00. The van der Waals surface area contributed by atoms with Crippen molar-refractivity contribution in [3.63, 3.8) is 0 Å². The van der Waals surface area contributed by atoms with Crippen LogP contribution in [0.4, 0.5) is 11.8 Å². The summed E-state index contributed by atoms with van der Waals surface area (Å²) in [5, 5.41) is 17.7. The standard InChI is InChI=1S/C24H32N6O2S/c1-13-20(23-29-21-14(2)25-10-9-19(21)33-23)22(27-16-8-7-15(11-16)12-31)30-24(26-13)28-17-5-4-6-18(17)32-3/h9-10,15-18,31H,4-8,11-12H2,1-3H3,(H2,26,27,28,30)/t15-,16+,17+,18-/m1/s1. The fourth-order valence-corrected chi connectivity index (χ4v) is 6.30. The van der Waals surface area contributed by atoms with Gasteiger partial charge in [0.1, 0.15) is 16.3 Å². The summed E-state index contributed by atoms with van der Waals surface area (Å²) in [5.41, 5.74) is 3.70. The van der Waals surface area contributed by atoms with E-state index in [0.717, 1.165) is 76.5 Å². The molecular formula is C24H32N6O2S. The van der Waals surface area contributed by atoms with Crippen LogP contribution in [0, 0.1) is 19.8 Å². The molecule has 33 heavy (non-hydrogen) atoms. The van der Waals surface area contributed by atoms with Gasteiger partial charge in [-0.2, -0.15) is 4.98 Å². The number of hydrogen-bond acceptors (Lipinski definition) is 9. The zero-order valence-electron chi connectivity index (χ0n) is 19.5. The average molecular weight is 469 g/mol. The van der Waals surface area contributed by atoms with E-state index in [9.17, 15) is 5.11 Å². The summed E-state index contributed by atoms with van der Waals surface area (Å²) in [4.78, 5) is 19.1. The quantitative estimate of drug-likeness (QED) is 0.471. The van der Waals surface area contributed by atoms with Gasteiger partial charge in [-0.3, -0.25) is 4.98 Å². The lowest BCUT2D eigenvalue weighted by Gasteiger charge is -2.22. The predicted molar refractivity (Wildman–Crippen MR) is 132 cm³/mol. The van der Waals surface area contributed by atoms with Gasteiger partial charge >= 0.3 is 0 Å². The monoisotopic (exact) mass is 468 g/mol. The maximum Gasteiger partial charge on any atom is 0.225 e. The molecule has 0 bridgehead atoms. The Morgan fingerprint density at radius 1 is 1.09 bits per heavy atom. The number of nitrogens with zero attached hydrogens (tertiary/aromatic N) is 4. The van der Waals surface area contributed by atoms with E-state index in [1.165, 1.54) is 0 Å². The van der Waals surface area contributed by atoms with Crippen molar-refractivity contribution in [2.75, 3.05) is 24.4 Å². The second-order valence-corrected chi connectivity index (χ2v) is 10.3. The number of aliphatic hydroxyl groups is 1. The molecule has 5 rings (SSSR count). The number of aromatic nitrogens is 4. The van der Waals surface area contributed by atoms with Crippen molar-refractivity contribution < 1.29 is 9.84 Å². The highest BCUT2D eigenvalue weighted by atomic mass is 32.1. The summed E-state index contributed by atoms with van der Waals surface area (Å²) >= 11 is 1.65. The molecule has 0 saturated heterocycles. The minimum atomic E-state index is 0.185. The second kappa shape index (κ2) is 9.48. The molecule has 3 aromatic heterocycles. The maximum absolute atomic E-state index is 9.60. The molecule has 2 fully saturated rings. The van der Waals surface area contributed by atoms with Crippen LogP contribution in [0.1, 0.15) is 49.9 Å². The lowest BCUT2D eigenvalue weighted by Crippen LogP contribution is -2.31. The van der Waals surface area contributed by atoms with E-state index in [4.69, 9.17) is 19.7 Å². The van der Waals surface area contributed by atoms with Gasteiger partial charge in [0.25, 0.3) is 0 Å². The molecular weight excluding hydrogens is 436 g/mol. The predicted octanol–water partition coefficient (Wildman–Crippen LogP) is 4.32. The van der Waals surface area contributed by atoms with Crippen molar-refractivity contribution >= 4 is 33.3 Å². The Kier molecular flexibility index (Phi) is 6.44. The van der Waals surface area contributed by atoms with Crippen LogP contribution < -0.4 is 10.6 Å². The Bertz CT molecular complexity index is 1140. The highest BCUT2D eigenvalue weighted by molar-refractivity contribution is 7.21. The third-order valence-corrected chi connectivity index (χ3v) is 8.04. The number of hydrogen-bond donors (Lipinski definition) is 3. The summed E-state index contributed by atoms with van der Waals surface area (Å²) in [6.45, 7) is 4.26. The molecule has 0 amide bonds. The van der Waals surface area contributed by atoms with Crippen molar-refractivity contribution in [2.45, 2.75) is 70.6 Å². The van der Waals surface area contributed by atoms with Gasteiger partial charge in [-0.1, -0.05) is 0 Å². The minimum absolute atomic E-state index is 0.185. The molecule has 0 unspecified atom stereocenters. The molecule has 4 atom stereocenters. The second-order valence-electron chi connectivity index (χ2n) is 9.28. The number of thiazole rings is 1. The van der Waals surface area contributed by atoms with Crippen LogP contribution in [0.25, 0.3) is 20.8 Å². The van der Waals surface area contributed by atoms with Crippen LogP contribution in [0.3, 0.4) is 0 Å². The van der Waals surface area contributed by atoms with E-state index in [1.807, 2.05) is 26.1 Å². The number of aliphatic hydroxyl groups excluding tert-OH is 1. The first-order valence-corrected chi connectivity index (χ1v) is 12.6. The number of pyridine rings is 1. The number of anilines is 2. The molecule has 0 spiro atoms. The molecule has 3 aromatic rings. The zero-order chi connectivity index (χ0) is 22.9. The van der Waals surface area contributed by atoms with Gasteiger partial charge in [-0.25, -0.2) is 9.97 Å². The fourth-order valence-electron chi connectivity index (χ4n) is 5.19. The van der Waals surface area contributed by atoms with Crippen LogP contribution in [-0.4, -0.2) is 56.9 Å². The number of nitrogens with one attached hydrogen (secondary N) is 2. The first-order chi connectivity index (χ1) is 16.1. The summed E-state index contributed by atoms with van der Waals surface area (Å²) in [6.07, 6.45) is 8.26. The first-order valence-electron chi connectivity index (χ1n) is 11.8. The summed E-state index contributed by atoms with van der Waals surface area (Å²) in [6, 6.07) is 2.50. The topological polar surface area (TPSA) is 105 Å². The fraction of sp³-hybridized carbons (Fsp3) is 0.583. The van der Waals surface area contributed by atoms with Crippen molar-refractivity contribution in [2.24, 2.45) is 5.92 Å². The lowest BCUT2D eigenvalue weighted by atomic mass is 10.1. The van der Waals surface area contributed by atoms with Gasteiger partial charge in [-0.05, 0) is 64.4 Å². The number of rotatable bonds is 7. The van der Waals surface area contributed by atoms with Gasteiger partial charge < -0.3 is 20.5 Å². The number of ether oxygens (including phenoxy) is 1. The smallest absolute Gasteiger partial charge is 0.225 e. The molecule has 2 aliphatic rings. The van der Waals surface area contributed by atoms with E-state index >= 15 is 0 Å². The Morgan fingerprint density at radius 3 is 2.73 bits per heavy atom. The molecule has 0 aromatic carbocycles. The molecule has 0 radical (unpaired) electrons. The van der Waals surface area contributed by atoms with Crippen molar-refractivity contribution in [1.82, 2.24) is 19.9 Å². The maximum atomic E-state index is 9.60. The summed E-state index contributed by atoms with van der Waals surface area (Å²) in [5.74, 6) is 1.79. The molecule has 3 N–H and O–H groups in total. The Hall–Kier alpha value is -2.36. The van der Waals surface area contributed by atoms with Crippen LogP contribution >= 0.6 is 11.3 Å². The van der Waals surface area contributed by atoms with Gasteiger partial charge in [-0.15, -0.1) is 11.3 Å². The first kappa shape index (κ1) is 22.4. The van der Waals surface area contributed by atoms with Crippen molar-refractivity contribution in [3.8, 4) is 10.6 Å². The highest BCUT2D eigenvalue weighted by Gasteiger charge is 2.30. The van der Waals surface area contributed by atoms with Crippen LogP contribution in [0.5, 0.6) is 0 Å². The normalized spacial score (nSPS) is 25.1. The van der Waals surface area contributed by atoms with Crippen molar-refractivity contribution in [3.05, 3.63) is 23.7 Å². The SMILES string of the molecule is CO[C@@H]1CCC[C@@H]1Nc1nc(C)c(-c2nc3c(C)nccc3s2)c(N[C@H]2CC[C@@H](CO)C2)n1. The van der Waals surface area contributed by atoms with E-state index in [1.54, 1.807) is 18.4 Å². The van der Waals surface area contributed by atoms with Crippen LogP contribution in [0.15, 0.2) is 12.3 Å². The van der Waals surface area contributed by atoms with E-state index < -0.39 is 0 Å². The molecule has 8 nitrogen and oxygen atoms in total. The number of aryl methyl sites for hydroxylation is 2.